The van der Waals surface area contributed by atoms with Crippen LogP contribution in [-0.4, -0.2) is 41.8 Å². The van der Waals surface area contributed by atoms with E-state index < -0.39 is 0 Å². The zero-order chi connectivity index (χ0) is 30.9. The lowest BCUT2D eigenvalue weighted by Gasteiger charge is -2.23. The molecule has 0 aromatic rings. The molecule has 0 aromatic carbocycles. The Labute approximate surface area is 271 Å². The fourth-order valence-corrected chi connectivity index (χ4v) is 6.14. The van der Waals surface area contributed by atoms with Gasteiger partial charge in [0, 0.05) is 31.3 Å². The van der Waals surface area contributed by atoms with E-state index in [0.717, 1.165) is 69.8 Å². The standard InChI is InChI=1S/C37H72BrNO3/c1-4-7-10-13-15-21-28-35(27-20-11-8-5-2)34-42-37(41)30-23-16-14-19-26-33-39(32-25-12-9-6-3)36(40)29-22-17-18-24-31-38/h35H,4-34H2,1-3H3. The van der Waals surface area contributed by atoms with Crippen molar-refractivity contribution in [3.8, 4) is 0 Å². The lowest BCUT2D eigenvalue weighted by atomic mass is 9.95. The number of esters is 1. The van der Waals surface area contributed by atoms with E-state index >= 15 is 0 Å². The Morgan fingerprint density at radius 1 is 0.548 bits per heavy atom. The van der Waals surface area contributed by atoms with Crippen LogP contribution in [-0.2, 0) is 14.3 Å². The van der Waals surface area contributed by atoms with Crippen LogP contribution in [0.25, 0.3) is 0 Å². The van der Waals surface area contributed by atoms with Crippen LogP contribution in [0.2, 0.25) is 0 Å². The molecular weight excluding hydrogens is 586 g/mol. The molecule has 5 heteroatoms. The van der Waals surface area contributed by atoms with Crippen LogP contribution in [0, 0.1) is 5.92 Å². The molecule has 0 aliphatic rings. The van der Waals surface area contributed by atoms with Gasteiger partial charge in [0.05, 0.1) is 6.61 Å². The molecule has 0 aliphatic carbocycles. The maximum atomic E-state index is 12.9. The number of ether oxygens (including phenoxy) is 1. The van der Waals surface area contributed by atoms with Gasteiger partial charge in [-0.1, -0.05) is 152 Å². The Hall–Kier alpha value is -0.580. The van der Waals surface area contributed by atoms with Crippen LogP contribution in [0.4, 0.5) is 0 Å². The third-order valence-electron chi connectivity index (χ3n) is 8.63. The Morgan fingerprint density at radius 3 is 1.55 bits per heavy atom. The summed E-state index contributed by atoms with van der Waals surface area (Å²) in [5.74, 6) is 0.892. The van der Waals surface area contributed by atoms with Crippen LogP contribution in [0.5, 0.6) is 0 Å². The molecule has 0 aromatic heterocycles. The molecule has 0 fully saturated rings. The Kier molecular flexibility index (Phi) is 32.9. The molecule has 250 valence electrons. The highest BCUT2D eigenvalue weighted by atomic mass is 79.9. The largest absolute Gasteiger partial charge is 0.465 e. The lowest BCUT2D eigenvalue weighted by Crippen LogP contribution is -2.32. The first kappa shape index (κ1) is 41.4. The van der Waals surface area contributed by atoms with Gasteiger partial charge in [0.2, 0.25) is 5.91 Å². The number of alkyl halides is 1. The van der Waals surface area contributed by atoms with Gasteiger partial charge in [-0.2, -0.15) is 0 Å². The summed E-state index contributed by atoms with van der Waals surface area (Å²) in [6.45, 7) is 9.21. The second kappa shape index (κ2) is 33.3. The van der Waals surface area contributed by atoms with Crippen LogP contribution in [0.3, 0.4) is 0 Å². The average molecular weight is 659 g/mol. The van der Waals surface area contributed by atoms with E-state index in [1.54, 1.807) is 0 Å². The van der Waals surface area contributed by atoms with E-state index in [9.17, 15) is 9.59 Å². The van der Waals surface area contributed by atoms with E-state index in [-0.39, 0.29) is 5.97 Å². The molecule has 0 saturated carbocycles. The van der Waals surface area contributed by atoms with Crippen molar-refractivity contribution in [2.75, 3.05) is 25.0 Å². The average Bonchev–Trinajstić information content (AvgIpc) is 2.99. The molecule has 0 bridgehead atoms. The van der Waals surface area contributed by atoms with Crippen molar-refractivity contribution in [3.63, 3.8) is 0 Å². The summed E-state index contributed by atoms with van der Waals surface area (Å²) in [5, 5.41) is 1.06. The van der Waals surface area contributed by atoms with Crippen molar-refractivity contribution < 1.29 is 14.3 Å². The lowest BCUT2D eigenvalue weighted by molar-refractivity contribution is -0.145. The number of carbonyl (C=O) groups is 2. The molecule has 0 aliphatic heterocycles. The van der Waals surface area contributed by atoms with Gasteiger partial charge < -0.3 is 9.64 Å². The van der Waals surface area contributed by atoms with Crippen LogP contribution in [0.1, 0.15) is 194 Å². The Balaban J connectivity index is 4.19. The molecule has 42 heavy (non-hydrogen) atoms. The number of halogens is 1. The van der Waals surface area contributed by atoms with Gasteiger partial charge in [-0.15, -0.1) is 0 Å². The molecule has 0 radical (unpaired) electrons. The minimum Gasteiger partial charge on any atom is -0.465 e. The number of nitrogens with zero attached hydrogens (tertiary/aromatic N) is 1. The second-order valence-corrected chi connectivity index (χ2v) is 13.6. The molecule has 1 atom stereocenters. The minimum absolute atomic E-state index is 0.00325. The number of rotatable bonds is 33. The number of unbranched alkanes of at least 4 members (excludes halogenated alkanes) is 18. The highest BCUT2D eigenvalue weighted by Gasteiger charge is 2.14. The Bertz CT molecular complexity index is 585. The van der Waals surface area contributed by atoms with Crippen molar-refractivity contribution in [1.29, 1.82) is 0 Å². The van der Waals surface area contributed by atoms with E-state index in [0.29, 0.717) is 31.3 Å². The molecule has 0 saturated heterocycles. The molecule has 4 nitrogen and oxygen atoms in total. The molecular formula is C37H72BrNO3. The summed E-state index contributed by atoms with van der Waals surface area (Å²) in [6.07, 6.45) is 31.6. The van der Waals surface area contributed by atoms with Gasteiger partial charge in [-0.05, 0) is 50.9 Å². The van der Waals surface area contributed by atoms with Crippen LogP contribution < -0.4 is 0 Å². The van der Waals surface area contributed by atoms with Crippen LogP contribution >= 0.6 is 15.9 Å². The molecule has 0 spiro atoms. The molecule has 0 rings (SSSR count). The monoisotopic (exact) mass is 657 g/mol. The second-order valence-electron chi connectivity index (χ2n) is 12.8. The fraction of sp³-hybridized carbons (Fsp3) is 0.946. The van der Waals surface area contributed by atoms with E-state index in [4.69, 9.17) is 4.74 Å². The zero-order valence-corrected chi connectivity index (χ0v) is 30.1. The maximum Gasteiger partial charge on any atom is 0.305 e. The van der Waals surface area contributed by atoms with Crippen molar-refractivity contribution in [2.24, 2.45) is 5.92 Å². The molecule has 0 N–H and O–H groups in total. The first-order valence-corrected chi connectivity index (χ1v) is 19.7. The van der Waals surface area contributed by atoms with Gasteiger partial charge in [0.1, 0.15) is 0 Å². The normalized spacial score (nSPS) is 12.0. The summed E-state index contributed by atoms with van der Waals surface area (Å²) in [7, 11) is 0. The van der Waals surface area contributed by atoms with Gasteiger partial charge in [-0.25, -0.2) is 0 Å². The van der Waals surface area contributed by atoms with Crippen molar-refractivity contribution >= 4 is 27.8 Å². The third-order valence-corrected chi connectivity index (χ3v) is 9.19. The zero-order valence-electron chi connectivity index (χ0n) is 28.5. The maximum absolute atomic E-state index is 12.9. The summed E-state index contributed by atoms with van der Waals surface area (Å²) in [4.78, 5) is 27.4. The van der Waals surface area contributed by atoms with Crippen LogP contribution in [0.15, 0.2) is 0 Å². The summed E-state index contributed by atoms with van der Waals surface area (Å²) >= 11 is 3.49. The summed E-state index contributed by atoms with van der Waals surface area (Å²) in [5.41, 5.74) is 0. The number of hydrogen-bond donors (Lipinski definition) is 0. The quantitative estimate of drug-likeness (QED) is 0.0400. The predicted molar refractivity (Wildman–Crippen MR) is 187 cm³/mol. The van der Waals surface area contributed by atoms with Crippen molar-refractivity contribution in [3.05, 3.63) is 0 Å². The third kappa shape index (κ3) is 28.2. The van der Waals surface area contributed by atoms with E-state index in [1.807, 2.05) is 0 Å². The summed E-state index contributed by atoms with van der Waals surface area (Å²) in [6, 6.07) is 0. The minimum atomic E-state index is -0.00325. The SMILES string of the molecule is CCCCCCCCC(CCCCCC)COC(=O)CCCCCCCN(CCCCCC)C(=O)CCCCCCBr. The van der Waals surface area contributed by atoms with E-state index in [1.165, 1.54) is 109 Å². The molecule has 0 heterocycles. The first-order valence-electron chi connectivity index (χ1n) is 18.6. The number of hydrogen-bond acceptors (Lipinski definition) is 3. The van der Waals surface area contributed by atoms with Gasteiger partial charge >= 0.3 is 5.97 Å². The van der Waals surface area contributed by atoms with Crippen molar-refractivity contribution in [2.45, 2.75) is 194 Å². The molecule has 1 unspecified atom stereocenters. The summed E-state index contributed by atoms with van der Waals surface area (Å²) < 4.78 is 5.77. The molecule has 1 amide bonds. The van der Waals surface area contributed by atoms with Gasteiger partial charge in [0.25, 0.3) is 0 Å². The highest BCUT2D eigenvalue weighted by molar-refractivity contribution is 9.09. The van der Waals surface area contributed by atoms with Gasteiger partial charge in [-0.3, -0.25) is 9.59 Å². The van der Waals surface area contributed by atoms with Crippen molar-refractivity contribution in [1.82, 2.24) is 4.90 Å². The Morgan fingerprint density at radius 2 is 0.976 bits per heavy atom. The fourth-order valence-electron chi connectivity index (χ4n) is 5.74. The number of amides is 1. The van der Waals surface area contributed by atoms with Gasteiger partial charge in [0.15, 0.2) is 0 Å². The number of carbonyl (C=O) groups excluding carboxylic acids is 2. The smallest absolute Gasteiger partial charge is 0.305 e. The van der Waals surface area contributed by atoms with E-state index in [2.05, 4.69) is 41.6 Å². The predicted octanol–water partition coefficient (Wildman–Crippen LogP) is 12.0. The first-order chi connectivity index (χ1) is 20.6. The highest BCUT2D eigenvalue weighted by Crippen LogP contribution is 2.20. The topological polar surface area (TPSA) is 46.6 Å².